The number of aromatic nitrogens is 3. The number of hydrogen-bond donors (Lipinski definition) is 4. The molecule has 4 N–H and O–H groups in total. The number of rotatable bonds is 4. The van der Waals surface area contributed by atoms with Crippen LogP contribution in [-0.2, 0) is 4.79 Å². The van der Waals surface area contributed by atoms with E-state index in [1.54, 1.807) is 0 Å². The van der Waals surface area contributed by atoms with Gasteiger partial charge in [0.05, 0.1) is 5.41 Å². The molecule has 1 aromatic rings. The number of anilines is 1. The third kappa shape index (κ3) is 2.83. The summed E-state index contributed by atoms with van der Waals surface area (Å²) in [6, 6.07) is 0. The summed E-state index contributed by atoms with van der Waals surface area (Å²) in [5.74, 6) is -0.925. The van der Waals surface area contributed by atoms with Gasteiger partial charge >= 0.3 is 11.7 Å². The number of carbonyl (C=O) groups is 1. The van der Waals surface area contributed by atoms with Crippen molar-refractivity contribution >= 4 is 11.8 Å². The zero-order chi connectivity index (χ0) is 13.9. The molecule has 0 aliphatic heterocycles. The molecule has 1 aliphatic rings. The molecule has 0 saturated heterocycles. The molecule has 0 bridgehead atoms. The van der Waals surface area contributed by atoms with E-state index in [0.717, 1.165) is 19.3 Å². The molecular weight excluding hydrogens is 252 g/mol. The molecule has 104 valence electrons. The molecule has 8 nitrogen and oxygen atoms in total. The fraction of sp³-hybridized carbons (Fsp3) is 0.636. The number of hydrogen-bond acceptors (Lipinski definition) is 5. The maximum atomic E-state index is 11.4. The topological polar surface area (TPSA) is 128 Å². The zero-order valence-electron chi connectivity index (χ0n) is 10.4. The van der Waals surface area contributed by atoms with Crippen molar-refractivity contribution in [3.63, 3.8) is 0 Å². The van der Waals surface area contributed by atoms with E-state index in [-0.39, 0.29) is 12.4 Å². The van der Waals surface area contributed by atoms with Crippen molar-refractivity contribution in [1.29, 1.82) is 0 Å². The Balaban J connectivity index is 2.13. The Hall–Kier alpha value is -2.12. The van der Waals surface area contributed by atoms with Gasteiger partial charge in [0, 0.05) is 6.54 Å². The summed E-state index contributed by atoms with van der Waals surface area (Å²) in [6.07, 6.45) is 3.92. The van der Waals surface area contributed by atoms with E-state index in [0.29, 0.717) is 12.8 Å². The first kappa shape index (κ1) is 13.3. The molecule has 8 heteroatoms. The van der Waals surface area contributed by atoms with E-state index in [4.69, 9.17) is 0 Å². The monoisotopic (exact) mass is 268 g/mol. The molecule has 0 spiro atoms. The molecule has 0 atom stereocenters. The van der Waals surface area contributed by atoms with Gasteiger partial charge in [-0.25, -0.2) is 9.89 Å². The molecule has 1 heterocycles. The van der Waals surface area contributed by atoms with Gasteiger partial charge in [0.15, 0.2) is 0 Å². The molecule has 0 unspecified atom stereocenters. The summed E-state index contributed by atoms with van der Waals surface area (Å²) in [7, 11) is 0. The average Bonchev–Trinajstić information content (AvgIpc) is 2.38. The maximum absolute atomic E-state index is 11.4. The molecule has 0 amide bonds. The lowest BCUT2D eigenvalue weighted by Crippen LogP contribution is -2.41. The molecule has 2 rings (SSSR count). The van der Waals surface area contributed by atoms with Gasteiger partial charge in [-0.15, -0.1) is 5.10 Å². The van der Waals surface area contributed by atoms with Crippen LogP contribution < -0.4 is 16.6 Å². The number of carboxylic acid groups (broad SMARTS) is 1. The average molecular weight is 268 g/mol. The number of nitrogens with one attached hydrogen (secondary N) is 3. The lowest BCUT2D eigenvalue weighted by Gasteiger charge is -2.33. The number of aliphatic carboxylic acids is 1. The van der Waals surface area contributed by atoms with Crippen LogP contribution in [0.3, 0.4) is 0 Å². The standard InChI is InChI=1S/C11H16N4O4/c16-8-7(14-15-10(19)13-8)12-6-11(9(17)18)4-2-1-3-5-11/h1-6H2,(H,12,14)(H,17,18)(H2,13,15,16,19). The van der Waals surface area contributed by atoms with Crippen molar-refractivity contribution in [3.05, 3.63) is 20.8 Å². The van der Waals surface area contributed by atoms with E-state index in [2.05, 4.69) is 15.5 Å². The van der Waals surface area contributed by atoms with E-state index >= 15 is 0 Å². The summed E-state index contributed by atoms with van der Waals surface area (Å²) in [5, 5.41) is 17.8. The number of aromatic amines is 2. The van der Waals surface area contributed by atoms with Gasteiger partial charge in [-0.2, -0.15) is 0 Å². The Morgan fingerprint density at radius 2 is 2.00 bits per heavy atom. The smallest absolute Gasteiger partial charge is 0.342 e. The van der Waals surface area contributed by atoms with Gasteiger partial charge in [-0.3, -0.25) is 14.6 Å². The molecule has 1 fully saturated rings. The minimum Gasteiger partial charge on any atom is -0.481 e. The van der Waals surface area contributed by atoms with Crippen LogP contribution in [0.1, 0.15) is 32.1 Å². The second-order valence-electron chi connectivity index (χ2n) is 4.86. The largest absolute Gasteiger partial charge is 0.481 e. The quantitative estimate of drug-likeness (QED) is 0.604. The minimum absolute atomic E-state index is 0.0641. The first-order valence-electron chi connectivity index (χ1n) is 6.20. The van der Waals surface area contributed by atoms with Gasteiger partial charge in [-0.05, 0) is 12.8 Å². The lowest BCUT2D eigenvalue weighted by atomic mass is 9.74. The van der Waals surface area contributed by atoms with Crippen molar-refractivity contribution in [3.8, 4) is 0 Å². The van der Waals surface area contributed by atoms with Crippen molar-refractivity contribution in [2.75, 3.05) is 11.9 Å². The summed E-state index contributed by atoms with van der Waals surface area (Å²) in [5.41, 5.74) is -2.20. The minimum atomic E-state index is -0.861. The van der Waals surface area contributed by atoms with E-state index < -0.39 is 22.6 Å². The molecule has 1 aliphatic carbocycles. The molecule has 1 saturated carbocycles. The van der Waals surface area contributed by atoms with Gasteiger partial charge in [0.1, 0.15) is 0 Å². The Bertz CT molecular complexity index is 571. The number of carboxylic acids is 1. The fourth-order valence-corrected chi connectivity index (χ4v) is 2.42. The van der Waals surface area contributed by atoms with Gasteiger partial charge in [0.25, 0.3) is 5.56 Å². The van der Waals surface area contributed by atoms with Crippen LogP contribution >= 0.6 is 0 Å². The van der Waals surface area contributed by atoms with E-state index in [1.165, 1.54) is 0 Å². The predicted molar refractivity (Wildman–Crippen MR) is 67.1 cm³/mol. The second-order valence-corrected chi connectivity index (χ2v) is 4.86. The number of nitrogens with zero attached hydrogens (tertiary/aromatic N) is 1. The molecular formula is C11H16N4O4. The van der Waals surface area contributed by atoms with Crippen molar-refractivity contribution < 1.29 is 9.90 Å². The summed E-state index contributed by atoms with van der Waals surface area (Å²) in [6.45, 7) is 0.129. The van der Waals surface area contributed by atoms with Gasteiger partial charge in [-0.1, -0.05) is 19.3 Å². The molecule has 1 aromatic heterocycles. The van der Waals surface area contributed by atoms with Crippen LogP contribution in [0.15, 0.2) is 9.59 Å². The van der Waals surface area contributed by atoms with Gasteiger partial charge in [0.2, 0.25) is 5.82 Å². The Morgan fingerprint density at radius 1 is 1.32 bits per heavy atom. The molecule has 0 aromatic carbocycles. The van der Waals surface area contributed by atoms with E-state index in [1.807, 2.05) is 4.98 Å². The third-order valence-electron chi connectivity index (χ3n) is 3.57. The van der Waals surface area contributed by atoms with Crippen LogP contribution in [0.4, 0.5) is 5.82 Å². The van der Waals surface area contributed by atoms with Crippen LogP contribution in [0.5, 0.6) is 0 Å². The first-order chi connectivity index (χ1) is 9.03. The molecule has 19 heavy (non-hydrogen) atoms. The number of H-pyrrole nitrogens is 2. The predicted octanol–water partition coefficient (Wildman–Crippen LogP) is -0.0948. The highest BCUT2D eigenvalue weighted by molar-refractivity contribution is 5.75. The fourth-order valence-electron chi connectivity index (χ4n) is 2.42. The van der Waals surface area contributed by atoms with Crippen molar-refractivity contribution in [2.24, 2.45) is 5.41 Å². The lowest BCUT2D eigenvalue weighted by molar-refractivity contribution is -0.150. The summed E-state index contributed by atoms with van der Waals surface area (Å²) in [4.78, 5) is 35.7. The normalized spacial score (nSPS) is 17.9. The van der Waals surface area contributed by atoms with Gasteiger partial charge < -0.3 is 10.4 Å². The maximum Gasteiger partial charge on any atom is 0.342 e. The summed E-state index contributed by atoms with van der Waals surface area (Å²) < 4.78 is 0. The highest BCUT2D eigenvalue weighted by atomic mass is 16.4. The third-order valence-corrected chi connectivity index (χ3v) is 3.57. The second kappa shape index (κ2) is 5.25. The highest BCUT2D eigenvalue weighted by Gasteiger charge is 2.39. The highest BCUT2D eigenvalue weighted by Crippen LogP contribution is 2.36. The van der Waals surface area contributed by atoms with Crippen LogP contribution in [0.2, 0.25) is 0 Å². The Morgan fingerprint density at radius 3 is 2.58 bits per heavy atom. The Labute approximate surface area is 108 Å². The SMILES string of the molecule is O=C(O)C1(CNc2n[nH]c(=O)[nH]c2=O)CCCCC1. The molecule has 0 radical (unpaired) electrons. The van der Waals surface area contributed by atoms with Crippen LogP contribution in [0.25, 0.3) is 0 Å². The van der Waals surface area contributed by atoms with Crippen molar-refractivity contribution in [2.45, 2.75) is 32.1 Å². The van der Waals surface area contributed by atoms with E-state index in [9.17, 15) is 19.5 Å². The van der Waals surface area contributed by atoms with Crippen LogP contribution in [0, 0.1) is 5.41 Å². The Kier molecular flexibility index (Phi) is 3.68. The van der Waals surface area contributed by atoms with Crippen LogP contribution in [-0.4, -0.2) is 32.8 Å². The first-order valence-corrected chi connectivity index (χ1v) is 6.20. The van der Waals surface area contributed by atoms with Crippen molar-refractivity contribution in [1.82, 2.24) is 15.2 Å². The zero-order valence-corrected chi connectivity index (χ0v) is 10.4. The summed E-state index contributed by atoms with van der Waals surface area (Å²) >= 11 is 0.